The van der Waals surface area contributed by atoms with Crippen LogP contribution >= 0.6 is 0 Å². The summed E-state index contributed by atoms with van der Waals surface area (Å²) in [6.07, 6.45) is 13.0. The molecule has 0 saturated heterocycles. The van der Waals surface area contributed by atoms with Gasteiger partial charge >= 0.3 is 0 Å². The Hall–Kier alpha value is -0.370. The fraction of sp³-hybridized carbons (Fsp3) is 0.933. The third-order valence-corrected chi connectivity index (χ3v) is 3.57. The van der Waals surface area contributed by atoms with Gasteiger partial charge in [-0.2, -0.15) is 0 Å². The van der Waals surface area contributed by atoms with Crippen LogP contribution in [0.15, 0.2) is 0 Å². The van der Waals surface area contributed by atoms with Gasteiger partial charge in [-0.25, -0.2) is 0 Å². The smallest absolute Gasteiger partial charge is 0.161 e. The molecule has 0 bridgehead atoms. The van der Waals surface area contributed by atoms with E-state index in [2.05, 4.69) is 6.92 Å². The van der Waals surface area contributed by atoms with E-state index in [4.69, 9.17) is 4.74 Å². The first-order valence-electron chi connectivity index (χ1n) is 7.49. The highest BCUT2D eigenvalue weighted by Gasteiger charge is 2.22. The maximum absolute atomic E-state index is 11.5. The van der Waals surface area contributed by atoms with E-state index >= 15 is 0 Å². The Morgan fingerprint density at radius 2 is 1.76 bits per heavy atom. The monoisotopic (exact) mass is 240 g/mol. The van der Waals surface area contributed by atoms with E-state index in [0.717, 1.165) is 38.7 Å². The van der Waals surface area contributed by atoms with Crippen LogP contribution in [0.25, 0.3) is 0 Å². The van der Waals surface area contributed by atoms with Crippen LogP contribution in [0.3, 0.4) is 0 Å². The number of rotatable bonds is 9. The molecule has 0 aromatic carbocycles. The number of ether oxygens (including phenoxy) is 1. The van der Waals surface area contributed by atoms with Crippen molar-refractivity contribution in [2.45, 2.75) is 83.7 Å². The predicted octanol–water partition coefficient (Wildman–Crippen LogP) is 4.27. The summed E-state index contributed by atoms with van der Waals surface area (Å²) < 4.78 is 5.67. The van der Waals surface area contributed by atoms with Gasteiger partial charge in [0, 0.05) is 13.0 Å². The van der Waals surface area contributed by atoms with Gasteiger partial charge in [-0.1, -0.05) is 45.4 Å². The average Bonchev–Trinajstić information content (AvgIpc) is 2.35. The average molecular weight is 240 g/mol. The van der Waals surface area contributed by atoms with Crippen LogP contribution < -0.4 is 0 Å². The SMILES string of the molecule is CCCCCCCCCOC1CCCCC1=O. The minimum absolute atomic E-state index is 0.0659. The summed E-state index contributed by atoms with van der Waals surface area (Å²) in [5, 5.41) is 0. The van der Waals surface area contributed by atoms with Gasteiger partial charge in [0.15, 0.2) is 5.78 Å². The minimum Gasteiger partial charge on any atom is -0.370 e. The van der Waals surface area contributed by atoms with Gasteiger partial charge in [-0.15, -0.1) is 0 Å². The Morgan fingerprint density at radius 3 is 2.47 bits per heavy atom. The highest BCUT2D eigenvalue weighted by atomic mass is 16.5. The van der Waals surface area contributed by atoms with Gasteiger partial charge in [0.1, 0.15) is 6.10 Å². The van der Waals surface area contributed by atoms with Crippen LogP contribution in [-0.4, -0.2) is 18.5 Å². The summed E-state index contributed by atoms with van der Waals surface area (Å²) in [6.45, 7) is 3.03. The number of ketones is 1. The second-order valence-corrected chi connectivity index (χ2v) is 5.19. The van der Waals surface area contributed by atoms with Crippen molar-refractivity contribution in [1.82, 2.24) is 0 Å². The molecule has 1 atom stereocenters. The molecule has 0 amide bonds. The lowest BCUT2D eigenvalue weighted by atomic mass is 9.96. The zero-order chi connectivity index (χ0) is 12.3. The Labute approximate surface area is 106 Å². The summed E-state index contributed by atoms with van der Waals surface area (Å²) in [5.41, 5.74) is 0. The lowest BCUT2D eigenvalue weighted by Gasteiger charge is -2.20. The van der Waals surface area contributed by atoms with E-state index in [1.165, 1.54) is 38.5 Å². The van der Waals surface area contributed by atoms with Crippen molar-refractivity contribution >= 4 is 5.78 Å². The summed E-state index contributed by atoms with van der Waals surface area (Å²) >= 11 is 0. The summed E-state index contributed by atoms with van der Waals surface area (Å²) in [7, 11) is 0. The lowest BCUT2D eigenvalue weighted by molar-refractivity contribution is -0.133. The van der Waals surface area contributed by atoms with Gasteiger partial charge in [0.25, 0.3) is 0 Å². The van der Waals surface area contributed by atoms with E-state index in [0.29, 0.717) is 5.78 Å². The Bertz CT molecular complexity index is 201. The molecule has 1 unspecified atom stereocenters. The number of Topliss-reactive ketones (excluding diaryl/α,β-unsaturated/α-hetero) is 1. The van der Waals surface area contributed by atoms with E-state index < -0.39 is 0 Å². The summed E-state index contributed by atoms with van der Waals surface area (Å²) in [5.74, 6) is 0.333. The molecule has 1 fully saturated rings. The maximum atomic E-state index is 11.5. The van der Waals surface area contributed by atoms with Gasteiger partial charge in [-0.3, -0.25) is 4.79 Å². The molecule has 2 nitrogen and oxygen atoms in total. The van der Waals surface area contributed by atoms with Crippen LogP contribution in [0.2, 0.25) is 0 Å². The first-order chi connectivity index (χ1) is 8.34. The van der Waals surface area contributed by atoms with E-state index in [1.54, 1.807) is 0 Å². The first-order valence-corrected chi connectivity index (χ1v) is 7.49. The topological polar surface area (TPSA) is 26.3 Å². The molecular weight excluding hydrogens is 212 g/mol. The van der Waals surface area contributed by atoms with Gasteiger partial charge < -0.3 is 4.74 Å². The molecule has 100 valence electrons. The standard InChI is InChI=1S/C15H28O2/c1-2-3-4-5-6-7-10-13-17-15-12-9-8-11-14(15)16/h15H,2-13H2,1H3. The quantitative estimate of drug-likeness (QED) is 0.563. The molecule has 0 aromatic rings. The molecule has 2 heteroatoms. The molecule has 17 heavy (non-hydrogen) atoms. The molecule has 0 aromatic heterocycles. The normalized spacial score (nSPS) is 20.8. The van der Waals surface area contributed by atoms with Crippen LogP contribution in [0.5, 0.6) is 0 Å². The largest absolute Gasteiger partial charge is 0.370 e. The molecule has 0 N–H and O–H groups in total. The van der Waals surface area contributed by atoms with Crippen LogP contribution in [0, 0.1) is 0 Å². The van der Waals surface area contributed by atoms with Gasteiger partial charge in [-0.05, 0) is 25.7 Å². The molecule has 1 rings (SSSR count). The predicted molar refractivity (Wildman–Crippen MR) is 71.2 cm³/mol. The Morgan fingerprint density at radius 1 is 1.06 bits per heavy atom. The van der Waals surface area contributed by atoms with Gasteiger partial charge in [0.05, 0.1) is 0 Å². The summed E-state index contributed by atoms with van der Waals surface area (Å²) in [4.78, 5) is 11.5. The third kappa shape index (κ3) is 6.82. The minimum atomic E-state index is -0.0659. The van der Waals surface area contributed by atoms with Gasteiger partial charge in [0.2, 0.25) is 0 Å². The molecular formula is C15H28O2. The zero-order valence-corrected chi connectivity index (χ0v) is 11.4. The first kappa shape index (κ1) is 14.7. The summed E-state index contributed by atoms with van der Waals surface area (Å²) in [6, 6.07) is 0. The highest BCUT2D eigenvalue weighted by molar-refractivity contribution is 5.83. The second-order valence-electron chi connectivity index (χ2n) is 5.19. The number of unbranched alkanes of at least 4 members (excludes halogenated alkanes) is 6. The maximum Gasteiger partial charge on any atom is 0.161 e. The van der Waals surface area contributed by atoms with E-state index in [-0.39, 0.29) is 6.10 Å². The fourth-order valence-corrected chi connectivity index (χ4v) is 2.41. The third-order valence-electron chi connectivity index (χ3n) is 3.57. The van der Waals surface area contributed by atoms with E-state index in [9.17, 15) is 4.79 Å². The molecule has 0 spiro atoms. The van der Waals surface area contributed by atoms with Crippen molar-refractivity contribution in [2.75, 3.05) is 6.61 Å². The molecule has 0 heterocycles. The molecule has 0 radical (unpaired) electrons. The van der Waals surface area contributed by atoms with Crippen molar-refractivity contribution in [3.8, 4) is 0 Å². The number of carbonyl (C=O) groups excluding carboxylic acids is 1. The van der Waals surface area contributed by atoms with E-state index in [1.807, 2.05) is 0 Å². The lowest BCUT2D eigenvalue weighted by Crippen LogP contribution is -2.27. The fourth-order valence-electron chi connectivity index (χ4n) is 2.41. The molecule has 0 aliphatic heterocycles. The van der Waals surface area contributed by atoms with Crippen molar-refractivity contribution in [2.24, 2.45) is 0 Å². The molecule has 1 aliphatic carbocycles. The number of hydrogen-bond donors (Lipinski definition) is 0. The van der Waals surface area contributed by atoms with Crippen molar-refractivity contribution in [3.05, 3.63) is 0 Å². The molecule has 1 saturated carbocycles. The van der Waals surface area contributed by atoms with Crippen molar-refractivity contribution in [3.63, 3.8) is 0 Å². The Kier molecular flexibility index (Phi) is 8.33. The highest BCUT2D eigenvalue weighted by Crippen LogP contribution is 2.17. The van der Waals surface area contributed by atoms with Crippen molar-refractivity contribution < 1.29 is 9.53 Å². The van der Waals surface area contributed by atoms with Crippen LogP contribution in [0.4, 0.5) is 0 Å². The zero-order valence-electron chi connectivity index (χ0n) is 11.4. The molecule has 1 aliphatic rings. The second kappa shape index (κ2) is 9.64. The Balaban J connectivity index is 1.88. The number of carbonyl (C=O) groups is 1. The van der Waals surface area contributed by atoms with Crippen LogP contribution in [-0.2, 0) is 9.53 Å². The van der Waals surface area contributed by atoms with Crippen LogP contribution in [0.1, 0.15) is 77.6 Å². The van der Waals surface area contributed by atoms with Crippen molar-refractivity contribution in [1.29, 1.82) is 0 Å². The number of hydrogen-bond acceptors (Lipinski definition) is 2.